The smallest absolute Gasteiger partial charge is 0.0282 e. The van der Waals surface area contributed by atoms with E-state index in [4.69, 9.17) is 11.6 Å². The van der Waals surface area contributed by atoms with Crippen LogP contribution in [0.3, 0.4) is 0 Å². The largest absolute Gasteiger partial charge is 0.126 e. The van der Waals surface area contributed by atoms with Crippen LogP contribution in [0.25, 0.3) is 0 Å². The van der Waals surface area contributed by atoms with E-state index in [9.17, 15) is 0 Å². The van der Waals surface area contributed by atoms with Gasteiger partial charge in [0.15, 0.2) is 0 Å². The summed E-state index contributed by atoms with van der Waals surface area (Å²) in [6, 6.07) is 0. The van der Waals surface area contributed by atoms with Gasteiger partial charge in [-0.2, -0.15) is 0 Å². The Morgan fingerprint density at radius 2 is 1.91 bits per heavy atom. The van der Waals surface area contributed by atoms with Crippen molar-refractivity contribution < 1.29 is 0 Å². The molecule has 1 aliphatic carbocycles. The van der Waals surface area contributed by atoms with E-state index >= 15 is 0 Å². The van der Waals surface area contributed by atoms with Gasteiger partial charge in [0.2, 0.25) is 0 Å². The minimum absolute atomic E-state index is 0.510. The van der Waals surface area contributed by atoms with Gasteiger partial charge < -0.3 is 0 Å². The molecular formula is C10H19Cl. The van der Waals surface area contributed by atoms with Crippen molar-refractivity contribution in [1.29, 1.82) is 0 Å². The number of hydrogen-bond acceptors (Lipinski definition) is 0. The third kappa shape index (κ3) is 1.72. The van der Waals surface area contributed by atoms with E-state index in [1.807, 2.05) is 0 Å². The lowest BCUT2D eigenvalue weighted by molar-refractivity contribution is 0.209. The highest BCUT2D eigenvalue weighted by molar-refractivity contribution is 6.18. The molecule has 0 N–H and O–H groups in total. The fourth-order valence-electron chi connectivity index (χ4n) is 2.27. The predicted octanol–water partition coefficient (Wildman–Crippen LogP) is 3.83. The van der Waals surface area contributed by atoms with Gasteiger partial charge in [-0.3, -0.25) is 0 Å². The molecule has 0 aromatic heterocycles. The van der Waals surface area contributed by atoms with E-state index in [0.717, 1.165) is 11.8 Å². The Balaban J connectivity index is 2.58. The molecule has 0 bridgehead atoms. The van der Waals surface area contributed by atoms with E-state index in [1.165, 1.54) is 32.1 Å². The molecule has 1 unspecified atom stereocenters. The van der Waals surface area contributed by atoms with Crippen molar-refractivity contribution >= 4 is 11.6 Å². The second-order valence-corrected chi connectivity index (χ2v) is 4.28. The maximum absolute atomic E-state index is 6.04. The summed E-state index contributed by atoms with van der Waals surface area (Å²) in [5, 5.41) is 0. The van der Waals surface area contributed by atoms with Gasteiger partial charge in [-0.15, -0.1) is 11.6 Å². The zero-order chi connectivity index (χ0) is 8.32. The molecule has 0 nitrogen and oxygen atoms in total. The van der Waals surface area contributed by atoms with Crippen molar-refractivity contribution in [1.82, 2.24) is 0 Å². The van der Waals surface area contributed by atoms with Crippen molar-refractivity contribution in [2.24, 2.45) is 11.3 Å². The highest BCUT2D eigenvalue weighted by atomic mass is 35.5. The van der Waals surface area contributed by atoms with Crippen LogP contribution < -0.4 is 0 Å². The van der Waals surface area contributed by atoms with Gasteiger partial charge in [0, 0.05) is 5.88 Å². The van der Waals surface area contributed by atoms with Crippen LogP contribution in [0, 0.1) is 11.3 Å². The summed E-state index contributed by atoms with van der Waals surface area (Å²) < 4.78 is 0. The number of alkyl halides is 1. The van der Waals surface area contributed by atoms with E-state index in [-0.39, 0.29) is 0 Å². The summed E-state index contributed by atoms with van der Waals surface area (Å²) in [6.45, 7) is 4.63. The van der Waals surface area contributed by atoms with Gasteiger partial charge in [0.05, 0.1) is 0 Å². The van der Waals surface area contributed by atoms with Crippen molar-refractivity contribution in [3.05, 3.63) is 0 Å². The molecule has 0 spiro atoms. The van der Waals surface area contributed by atoms with Gasteiger partial charge in [0.1, 0.15) is 0 Å². The first-order valence-corrected chi connectivity index (χ1v) is 5.34. The van der Waals surface area contributed by atoms with Gasteiger partial charge in [-0.1, -0.05) is 33.1 Å². The SMILES string of the molecule is CCC(C)C1(CCl)CCCC1. The number of rotatable bonds is 3. The summed E-state index contributed by atoms with van der Waals surface area (Å²) in [4.78, 5) is 0. The zero-order valence-corrected chi connectivity index (χ0v) is 8.45. The number of halogens is 1. The van der Waals surface area contributed by atoms with Crippen LogP contribution in [-0.4, -0.2) is 5.88 Å². The standard InChI is InChI=1S/C10H19Cl/c1-3-9(2)10(8-11)6-4-5-7-10/h9H,3-8H2,1-2H3. The molecule has 0 aromatic carbocycles. The molecule has 1 rings (SSSR count). The van der Waals surface area contributed by atoms with Crippen LogP contribution in [0.5, 0.6) is 0 Å². The van der Waals surface area contributed by atoms with E-state index < -0.39 is 0 Å². The summed E-state index contributed by atoms with van der Waals surface area (Å²) in [6.07, 6.45) is 6.82. The van der Waals surface area contributed by atoms with Crippen LogP contribution in [0.4, 0.5) is 0 Å². The quantitative estimate of drug-likeness (QED) is 0.571. The molecule has 66 valence electrons. The van der Waals surface area contributed by atoms with Crippen molar-refractivity contribution in [3.8, 4) is 0 Å². The summed E-state index contributed by atoms with van der Waals surface area (Å²) in [7, 11) is 0. The van der Waals surface area contributed by atoms with Crippen LogP contribution in [0.15, 0.2) is 0 Å². The summed E-state index contributed by atoms with van der Waals surface area (Å²) >= 11 is 6.04. The second-order valence-electron chi connectivity index (χ2n) is 4.01. The van der Waals surface area contributed by atoms with Crippen LogP contribution >= 0.6 is 11.6 Å². The van der Waals surface area contributed by atoms with Crippen LogP contribution in [0.1, 0.15) is 46.0 Å². The highest BCUT2D eigenvalue weighted by Crippen LogP contribution is 2.46. The fourth-order valence-corrected chi connectivity index (χ4v) is 2.80. The lowest BCUT2D eigenvalue weighted by Gasteiger charge is -2.32. The molecule has 1 atom stereocenters. The Morgan fingerprint density at radius 1 is 1.36 bits per heavy atom. The first-order chi connectivity index (χ1) is 5.25. The predicted molar refractivity (Wildman–Crippen MR) is 51.1 cm³/mol. The molecule has 1 fully saturated rings. The van der Waals surface area contributed by atoms with E-state index in [0.29, 0.717) is 5.41 Å². The highest BCUT2D eigenvalue weighted by Gasteiger charge is 2.36. The minimum Gasteiger partial charge on any atom is -0.126 e. The average molecular weight is 175 g/mol. The monoisotopic (exact) mass is 174 g/mol. The van der Waals surface area contributed by atoms with Gasteiger partial charge in [0.25, 0.3) is 0 Å². The van der Waals surface area contributed by atoms with Crippen LogP contribution in [-0.2, 0) is 0 Å². The third-order valence-electron chi connectivity index (χ3n) is 3.52. The van der Waals surface area contributed by atoms with Crippen LogP contribution in [0.2, 0.25) is 0 Å². The molecule has 1 heteroatoms. The third-order valence-corrected chi connectivity index (χ3v) is 4.06. The molecule has 1 saturated carbocycles. The lowest BCUT2D eigenvalue weighted by Crippen LogP contribution is -2.26. The topological polar surface area (TPSA) is 0 Å². The normalized spacial score (nSPS) is 25.4. The molecule has 0 radical (unpaired) electrons. The minimum atomic E-state index is 0.510. The fraction of sp³-hybridized carbons (Fsp3) is 1.00. The molecule has 1 aliphatic rings. The molecular weight excluding hydrogens is 156 g/mol. The molecule has 0 aliphatic heterocycles. The van der Waals surface area contributed by atoms with Gasteiger partial charge >= 0.3 is 0 Å². The summed E-state index contributed by atoms with van der Waals surface area (Å²) in [5.41, 5.74) is 0.510. The lowest BCUT2D eigenvalue weighted by atomic mass is 9.75. The Bertz CT molecular complexity index is 114. The molecule has 0 heterocycles. The second kappa shape index (κ2) is 3.80. The molecule has 0 saturated heterocycles. The van der Waals surface area contributed by atoms with Crippen molar-refractivity contribution in [3.63, 3.8) is 0 Å². The van der Waals surface area contributed by atoms with Gasteiger partial charge in [-0.05, 0) is 24.2 Å². The first-order valence-electron chi connectivity index (χ1n) is 4.81. The molecule has 11 heavy (non-hydrogen) atoms. The Labute approximate surface area is 75.3 Å². The zero-order valence-electron chi connectivity index (χ0n) is 7.70. The summed E-state index contributed by atoms with van der Waals surface area (Å²) in [5.74, 6) is 1.70. The Hall–Kier alpha value is 0.290. The number of hydrogen-bond donors (Lipinski definition) is 0. The van der Waals surface area contributed by atoms with E-state index in [1.54, 1.807) is 0 Å². The molecule has 0 aromatic rings. The average Bonchev–Trinajstić information content (AvgIpc) is 2.52. The first kappa shape index (κ1) is 9.38. The Kier molecular flexibility index (Phi) is 3.24. The van der Waals surface area contributed by atoms with Gasteiger partial charge in [-0.25, -0.2) is 0 Å². The molecule has 0 amide bonds. The maximum Gasteiger partial charge on any atom is 0.0282 e. The maximum atomic E-state index is 6.04. The Morgan fingerprint density at radius 3 is 2.27 bits per heavy atom. The van der Waals surface area contributed by atoms with Crippen molar-refractivity contribution in [2.75, 3.05) is 5.88 Å². The van der Waals surface area contributed by atoms with Crippen molar-refractivity contribution in [2.45, 2.75) is 46.0 Å². The van der Waals surface area contributed by atoms with E-state index in [2.05, 4.69) is 13.8 Å².